The van der Waals surface area contributed by atoms with Gasteiger partial charge in [-0.05, 0) is 37.5 Å². The molecule has 18 nitrogen and oxygen atoms in total. The number of rotatable bonds is 24. The van der Waals surface area contributed by atoms with Gasteiger partial charge < -0.3 is 61.7 Å². The highest BCUT2D eigenvalue weighted by Crippen LogP contribution is 2.12. The Morgan fingerprint density at radius 2 is 1.50 bits per heavy atom. The number of benzene rings is 1. The molecule has 0 spiro atoms. The predicted molar refractivity (Wildman–Crippen MR) is 171 cm³/mol. The Bertz CT molecular complexity index is 1210. The van der Waals surface area contributed by atoms with E-state index in [1.807, 2.05) is 0 Å². The number of ether oxygens (including phenoxy) is 4. The summed E-state index contributed by atoms with van der Waals surface area (Å²) in [7, 11) is 0. The number of nitrogens with one attached hydrogen (secondary N) is 6. The zero-order valence-corrected chi connectivity index (χ0v) is 26.8. The van der Waals surface area contributed by atoms with Crippen LogP contribution in [-0.2, 0) is 44.7 Å². The van der Waals surface area contributed by atoms with E-state index >= 15 is 0 Å². The molecule has 9 N–H and O–H groups in total. The molecule has 2 atom stereocenters. The van der Waals surface area contributed by atoms with Crippen molar-refractivity contribution in [2.45, 2.75) is 38.5 Å². The number of carbonyl (C=O) groups excluding carboxylic acids is 6. The van der Waals surface area contributed by atoms with Gasteiger partial charge in [-0.3, -0.25) is 19.2 Å². The maximum absolute atomic E-state index is 13.1. The van der Waals surface area contributed by atoms with Crippen LogP contribution in [0.4, 0.5) is 15.3 Å². The van der Waals surface area contributed by atoms with Crippen LogP contribution in [0.15, 0.2) is 24.3 Å². The number of aliphatic hydroxyl groups excluding tert-OH is 1. The van der Waals surface area contributed by atoms with Crippen LogP contribution in [-0.4, -0.2) is 119 Å². The molecule has 1 rings (SSSR count). The maximum atomic E-state index is 13.1. The van der Waals surface area contributed by atoms with Gasteiger partial charge in [0.05, 0.1) is 39.6 Å². The van der Waals surface area contributed by atoms with Crippen LogP contribution in [0.2, 0.25) is 0 Å². The number of anilines is 1. The van der Waals surface area contributed by atoms with Gasteiger partial charge in [0.1, 0.15) is 31.9 Å². The number of primary amides is 1. The van der Waals surface area contributed by atoms with Gasteiger partial charge in [0.15, 0.2) is 0 Å². The molecular weight excluding hydrogens is 634 g/mol. The number of amides is 7. The standard InChI is InChI=1S/C30H45N7O11/c1-3-10-32-25(39)19-46-16-14-45-15-17-47-20-26(40)35-21(2)27(41)37-24(5-4-11-33-29(31)43)28(42)36-23-8-6-22(7-9-23)18-48-30(44)34-12-13-38/h1,6-9,21,24,38H,4-5,10-20H2,2H3,(H,32,39)(H,34,44)(H,35,40)(H,36,42)(H,37,41)(H3,31,33,43)/t21-,24-/m0/s1. The van der Waals surface area contributed by atoms with E-state index < -0.39 is 41.9 Å². The van der Waals surface area contributed by atoms with E-state index in [9.17, 15) is 28.8 Å². The van der Waals surface area contributed by atoms with E-state index in [0.717, 1.165) is 0 Å². The van der Waals surface area contributed by atoms with Gasteiger partial charge in [-0.2, -0.15) is 0 Å². The number of aliphatic hydroxyl groups is 1. The molecule has 0 aliphatic carbocycles. The summed E-state index contributed by atoms with van der Waals surface area (Å²) in [5.41, 5.74) is 6.13. The average molecular weight is 680 g/mol. The molecule has 0 saturated heterocycles. The number of nitrogens with two attached hydrogens (primary N) is 1. The minimum Gasteiger partial charge on any atom is -0.445 e. The first kappa shape index (κ1) is 41.1. The van der Waals surface area contributed by atoms with Crippen molar-refractivity contribution in [3.8, 4) is 12.3 Å². The molecule has 18 heteroatoms. The smallest absolute Gasteiger partial charge is 0.407 e. The van der Waals surface area contributed by atoms with Gasteiger partial charge in [-0.15, -0.1) is 6.42 Å². The highest BCUT2D eigenvalue weighted by atomic mass is 16.6. The molecule has 0 bridgehead atoms. The Labute approximate surface area is 278 Å². The monoisotopic (exact) mass is 679 g/mol. The third-order valence-corrected chi connectivity index (χ3v) is 5.94. The molecule has 266 valence electrons. The molecule has 0 aliphatic rings. The SMILES string of the molecule is C#CCNC(=O)COCCOCCOCC(=O)N[C@@H](C)C(=O)N[C@@H](CCCNC(N)=O)C(=O)Nc1ccc(COC(=O)NCCO)cc1. The molecule has 1 aromatic carbocycles. The highest BCUT2D eigenvalue weighted by molar-refractivity contribution is 5.98. The van der Waals surface area contributed by atoms with E-state index in [-0.39, 0.29) is 84.8 Å². The van der Waals surface area contributed by atoms with Gasteiger partial charge in [0.2, 0.25) is 23.6 Å². The van der Waals surface area contributed by atoms with Crippen molar-refractivity contribution < 1.29 is 52.8 Å². The molecule has 0 aromatic heterocycles. The summed E-state index contributed by atoms with van der Waals surface area (Å²) in [6, 6.07) is 3.66. The molecule has 48 heavy (non-hydrogen) atoms. The van der Waals surface area contributed by atoms with E-state index in [4.69, 9.17) is 36.2 Å². The lowest BCUT2D eigenvalue weighted by Crippen LogP contribution is -2.52. The lowest BCUT2D eigenvalue weighted by Gasteiger charge is -2.21. The molecule has 0 unspecified atom stereocenters. The second-order valence-corrected chi connectivity index (χ2v) is 9.89. The minimum absolute atomic E-state index is 0.0355. The molecule has 0 aliphatic heterocycles. The number of hydrogen-bond donors (Lipinski definition) is 8. The third kappa shape index (κ3) is 20.2. The summed E-state index contributed by atoms with van der Waals surface area (Å²) in [6.07, 6.45) is 4.80. The lowest BCUT2D eigenvalue weighted by atomic mass is 10.1. The minimum atomic E-state index is -1.03. The fraction of sp³-hybridized carbons (Fsp3) is 0.533. The second kappa shape index (κ2) is 25.2. The first-order chi connectivity index (χ1) is 23.0. The second-order valence-electron chi connectivity index (χ2n) is 9.89. The fourth-order valence-electron chi connectivity index (χ4n) is 3.57. The van der Waals surface area contributed by atoms with Gasteiger partial charge in [0, 0.05) is 18.8 Å². The summed E-state index contributed by atoms with van der Waals surface area (Å²) in [6.45, 7) is 1.68. The molecule has 0 radical (unpaired) electrons. The van der Waals surface area contributed by atoms with Crippen molar-refractivity contribution in [1.29, 1.82) is 0 Å². The predicted octanol–water partition coefficient (Wildman–Crippen LogP) is -1.92. The number of terminal acetylenes is 1. The van der Waals surface area contributed by atoms with Crippen molar-refractivity contribution in [1.82, 2.24) is 26.6 Å². The van der Waals surface area contributed by atoms with E-state index in [1.165, 1.54) is 6.92 Å². The van der Waals surface area contributed by atoms with Crippen LogP contribution >= 0.6 is 0 Å². The van der Waals surface area contributed by atoms with Crippen molar-refractivity contribution in [3.05, 3.63) is 29.8 Å². The van der Waals surface area contributed by atoms with Crippen LogP contribution < -0.4 is 37.6 Å². The molecule has 7 amide bonds. The molecule has 1 aromatic rings. The first-order valence-electron chi connectivity index (χ1n) is 15.0. The van der Waals surface area contributed by atoms with Gasteiger partial charge in [0.25, 0.3) is 0 Å². The van der Waals surface area contributed by atoms with Crippen molar-refractivity contribution >= 4 is 41.4 Å². The number of carbonyl (C=O) groups is 6. The Morgan fingerprint density at radius 3 is 2.12 bits per heavy atom. The van der Waals surface area contributed by atoms with Crippen LogP contribution in [0, 0.1) is 12.3 Å². The van der Waals surface area contributed by atoms with Crippen molar-refractivity contribution in [2.24, 2.45) is 5.73 Å². The Hall–Kier alpha value is -4.96. The van der Waals surface area contributed by atoms with Gasteiger partial charge in [-0.1, -0.05) is 18.1 Å². The summed E-state index contributed by atoms with van der Waals surface area (Å²) < 4.78 is 20.7. The van der Waals surface area contributed by atoms with Crippen molar-refractivity contribution in [3.63, 3.8) is 0 Å². The highest BCUT2D eigenvalue weighted by Gasteiger charge is 2.24. The Balaban J connectivity index is 2.50. The fourth-order valence-corrected chi connectivity index (χ4v) is 3.57. The van der Waals surface area contributed by atoms with Gasteiger partial charge >= 0.3 is 12.1 Å². The number of hydrogen-bond acceptors (Lipinski definition) is 11. The maximum Gasteiger partial charge on any atom is 0.407 e. The zero-order valence-electron chi connectivity index (χ0n) is 26.8. The normalized spacial score (nSPS) is 11.6. The summed E-state index contributed by atoms with van der Waals surface area (Å²) in [5, 5.41) is 23.8. The molecular formula is C30H45N7O11. The summed E-state index contributed by atoms with van der Waals surface area (Å²) in [5.74, 6) is 0.192. The summed E-state index contributed by atoms with van der Waals surface area (Å²) in [4.78, 5) is 72.1. The summed E-state index contributed by atoms with van der Waals surface area (Å²) >= 11 is 0. The quantitative estimate of drug-likeness (QED) is 0.0441. The number of urea groups is 1. The average Bonchev–Trinajstić information content (AvgIpc) is 3.06. The van der Waals surface area contributed by atoms with Crippen LogP contribution in [0.1, 0.15) is 25.3 Å². The van der Waals surface area contributed by atoms with Crippen LogP contribution in [0.3, 0.4) is 0 Å². The van der Waals surface area contributed by atoms with E-state index in [2.05, 4.69) is 37.8 Å². The first-order valence-corrected chi connectivity index (χ1v) is 15.0. The van der Waals surface area contributed by atoms with Crippen LogP contribution in [0.5, 0.6) is 0 Å². The molecule has 0 fully saturated rings. The third-order valence-electron chi connectivity index (χ3n) is 5.94. The number of alkyl carbamates (subject to hydrolysis) is 1. The van der Waals surface area contributed by atoms with Crippen molar-refractivity contribution in [2.75, 3.05) is 71.2 Å². The topological polar surface area (TPSA) is 258 Å². The van der Waals surface area contributed by atoms with Crippen LogP contribution in [0.25, 0.3) is 0 Å². The largest absolute Gasteiger partial charge is 0.445 e. The Morgan fingerprint density at radius 1 is 0.854 bits per heavy atom. The zero-order chi connectivity index (χ0) is 35.6. The molecule has 0 saturated carbocycles. The Kier molecular flexibility index (Phi) is 21.5. The van der Waals surface area contributed by atoms with E-state index in [1.54, 1.807) is 24.3 Å². The van der Waals surface area contributed by atoms with Gasteiger partial charge in [-0.25, -0.2) is 9.59 Å². The van der Waals surface area contributed by atoms with E-state index in [0.29, 0.717) is 17.7 Å². The lowest BCUT2D eigenvalue weighted by molar-refractivity contribution is -0.132. The molecule has 0 heterocycles.